The van der Waals surface area contributed by atoms with Crippen molar-refractivity contribution < 1.29 is 14.3 Å². The first-order valence-electron chi connectivity index (χ1n) is 7.72. The van der Waals surface area contributed by atoms with Crippen molar-refractivity contribution in [3.05, 3.63) is 35.9 Å². The van der Waals surface area contributed by atoms with Gasteiger partial charge < -0.3 is 14.4 Å². The van der Waals surface area contributed by atoms with Gasteiger partial charge in [-0.25, -0.2) is 0 Å². The largest absolute Gasteiger partial charge is 0.454 e. The maximum atomic E-state index is 11.9. The third-order valence-corrected chi connectivity index (χ3v) is 4.73. The zero-order valence-electron chi connectivity index (χ0n) is 12.6. The molecule has 4 nitrogen and oxygen atoms in total. The molecule has 0 unspecified atom stereocenters. The zero-order chi connectivity index (χ0) is 15.2. The third-order valence-electron chi connectivity index (χ3n) is 3.86. The number of hydrogen-bond donors (Lipinski definition) is 0. The second-order valence-corrected chi connectivity index (χ2v) is 6.50. The summed E-state index contributed by atoms with van der Waals surface area (Å²) in [4.78, 5) is 13.8. The molecule has 1 fully saturated rings. The Morgan fingerprint density at radius 1 is 1.18 bits per heavy atom. The van der Waals surface area contributed by atoms with Crippen molar-refractivity contribution in [1.29, 1.82) is 0 Å². The molecule has 0 atom stereocenters. The summed E-state index contributed by atoms with van der Waals surface area (Å²) in [6.07, 6.45) is 7.46. The number of benzene rings is 1. The molecule has 0 aromatic heterocycles. The van der Waals surface area contributed by atoms with Gasteiger partial charge in [0, 0.05) is 18.8 Å². The van der Waals surface area contributed by atoms with E-state index in [1.165, 1.54) is 5.56 Å². The molecule has 2 heterocycles. The second-order valence-electron chi connectivity index (χ2n) is 5.47. The minimum absolute atomic E-state index is 0.284. The Labute approximate surface area is 135 Å². The van der Waals surface area contributed by atoms with Crippen LogP contribution in [0.15, 0.2) is 30.4 Å². The minimum atomic E-state index is 0.284. The van der Waals surface area contributed by atoms with Gasteiger partial charge in [0.15, 0.2) is 11.5 Å². The van der Waals surface area contributed by atoms with Crippen molar-refractivity contribution in [3.63, 3.8) is 0 Å². The number of carbonyl (C=O) groups is 1. The van der Waals surface area contributed by atoms with Crippen LogP contribution in [0.4, 0.5) is 0 Å². The zero-order valence-corrected chi connectivity index (χ0v) is 13.4. The highest BCUT2D eigenvalue weighted by molar-refractivity contribution is 8.00. The fourth-order valence-electron chi connectivity index (χ4n) is 2.63. The molecular formula is C17H21NO3S. The number of carbonyl (C=O) groups excluding carboxylic acids is 1. The van der Waals surface area contributed by atoms with Gasteiger partial charge in [0.2, 0.25) is 12.7 Å². The summed E-state index contributed by atoms with van der Waals surface area (Å²) in [7, 11) is 0. The standard InChI is InChI=1S/C17H21NO3S/c19-17(18-8-2-3-9-18)12-22-10-4-1-5-14-6-7-15-16(11-14)21-13-20-15/h1,4,6-7,11H,2-3,5,8-10,12-13H2/b4-1+. The van der Waals surface area contributed by atoms with Crippen LogP contribution in [0.3, 0.4) is 0 Å². The van der Waals surface area contributed by atoms with Crippen LogP contribution in [0.1, 0.15) is 18.4 Å². The van der Waals surface area contributed by atoms with Gasteiger partial charge in [-0.1, -0.05) is 18.2 Å². The lowest BCUT2D eigenvalue weighted by molar-refractivity contribution is -0.127. The third kappa shape index (κ3) is 3.97. The number of nitrogens with zero attached hydrogens (tertiary/aromatic N) is 1. The summed E-state index contributed by atoms with van der Waals surface area (Å²) in [6.45, 7) is 2.20. The molecule has 118 valence electrons. The van der Waals surface area contributed by atoms with Crippen LogP contribution in [-0.4, -0.2) is 42.2 Å². The summed E-state index contributed by atoms with van der Waals surface area (Å²) >= 11 is 1.68. The predicted molar refractivity (Wildman–Crippen MR) is 88.5 cm³/mol. The maximum Gasteiger partial charge on any atom is 0.232 e. The van der Waals surface area contributed by atoms with E-state index in [4.69, 9.17) is 9.47 Å². The van der Waals surface area contributed by atoms with Gasteiger partial charge >= 0.3 is 0 Å². The van der Waals surface area contributed by atoms with Crippen molar-refractivity contribution >= 4 is 17.7 Å². The lowest BCUT2D eigenvalue weighted by atomic mass is 10.1. The first kappa shape index (κ1) is 15.3. The summed E-state index contributed by atoms with van der Waals surface area (Å²) in [6, 6.07) is 6.04. The fraction of sp³-hybridized carbons (Fsp3) is 0.471. The predicted octanol–water partition coefficient (Wildman–Crippen LogP) is 2.87. The number of allylic oxidation sites excluding steroid dienone is 1. The molecule has 0 bridgehead atoms. The lowest BCUT2D eigenvalue weighted by Gasteiger charge is -2.14. The maximum absolute atomic E-state index is 11.9. The molecule has 0 spiro atoms. The summed E-state index contributed by atoms with van der Waals surface area (Å²) < 4.78 is 10.7. The van der Waals surface area contributed by atoms with E-state index >= 15 is 0 Å². The molecule has 0 N–H and O–H groups in total. The Bertz CT molecular complexity index is 553. The first-order valence-corrected chi connectivity index (χ1v) is 8.87. The molecule has 1 amide bonds. The topological polar surface area (TPSA) is 38.8 Å². The normalized spacial score (nSPS) is 16.6. The number of fused-ring (bicyclic) bond motifs is 1. The molecule has 1 saturated heterocycles. The summed E-state index contributed by atoms with van der Waals surface area (Å²) in [5.74, 6) is 3.41. The number of likely N-dealkylation sites (tertiary alicyclic amines) is 1. The van der Waals surface area contributed by atoms with Crippen molar-refractivity contribution in [2.24, 2.45) is 0 Å². The number of hydrogen-bond acceptors (Lipinski definition) is 4. The average molecular weight is 319 g/mol. The van der Waals surface area contributed by atoms with Crippen molar-refractivity contribution in [2.45, 2.75) is 19.3 Å². The molecule has 0 saturated carbocycles. The van der Waals surface area contributed by atoms with Gasteiger partial charge in [0.05, 0.1) is 5.75 Å². The number of amides is 1. The van der Waals surface area contributed by atoms with E-state index in [0.29, 0.717) is 12.5 Å². The number of ether oxygens (including phenoxy) is 2. The Hall–Kier alpha value is -1.62. The first-order chi connectivity index (χ1) is 10.8. The molecule has 0 radical (unpaired) electrons. The molecule has 2 aliphatic heterocycles. The molecule has 3 rings (SSSR count). The average Bonchev–Trinajstić information content (AvgIpc) is 3.20. The van der Waals surface area contributed by atoms with Gasteiger partial charge in [0.25, 0.3) is 0 Å². The Balaban J connectivity index is 1.35. The van der Waals surface area contributed by atoms with E-state index in [0.717, 1.165) is 49.6 Å². The molecule has 0 aliphatic carbocycles. The van der Waals surface area contributed by atoms with E-state index < -0.39 is 0 Å². The van der Waals surface area contributed by atoms with Crippen molar-refractivity contribution in [1.82, 2.24) is 4.90 Å². The van der Waals surface area contributed by atoms with Gasteiger partial charge in [0.1, 0.15) is 0 Å². The SMILES string of the molecule is O=C(CSC/C=C/Cc1ccc2c(c1)OCO2)N1CCCC1. The van der Waals surface area contributed by atoms with Gasteiger partial charge in [-0.15, -0.1) is 11.8 Å². The monoisotopic (exact) mass is 319 g/mol. The van der Waals surface area contributed by atoms with Crippen LogP contribution in [0.5, 0.6) is 11.5 Å². The molecule has 2 aliphatic rings. The quantitative estimate of drug-likeness (QED) is 0.597. The van der Waals surface area contributed by atoms with E-state index in [2.05, 4.69) is 18.2 Å². The highest BCUT2D eigenvalue weighted by atomic mass is 32.2. The molecular weight excluding hydrogens is 298 g/mol. The van der Waals surface area contributed by atoms with Crippen LogP contribution in [0.25, 0.3) is 0 Å². The lowest BCUT2D eigenvalue weighted by Crippen LogP contribution is -2.29. The van der Waals surface area contributed by atoms with E-state index in [1.807, 2.05) is 17.0 Å². The van der Waals surface area contributed by atoms with Crippen molar-refractivity contribution in [3.8, 4) is 11.5 Å². The number of thioether (sulfide) groups is 1. The summed E-state index contributed by atoms with van der Waals surface area (Å²) in [5, 5.41) is 0. The molecule has 22 heavy (non-hydrogen) atoms. The van der Waals surface area contributed by atoms with Gasteiger partial charge in [-0.05, 0) is 37.0 Å². The molecule has 1 aromatic rings. The Morgan fingerprint density at radius 2 is 2.00 bits per heavy atom. The van der Waals surface area contributed by atoms with E-state index in [1.54, 1.807) is 11.8 Å². The van der Waals surface area contributed by atoms with Crippen molar-refractivity contribution in [2.75, 3.05) is 31.4 Å². The molecule has 5 heteroatoms. The van der Waals surface area contributed by atoms with Gasteiger partial charge in [-0.3, -0.25) is 4.79 Å². The summed E-state index contributed by atoms with van der Waals surface area (Å²) in [5.41, 5.74) is 1.21. The van der Waals surface area contributed by atoms with E-state index in [9.17, 15) is 4.79 Å². The van der Waals surface area contributed by atoms with Crippen LogP contribution in [0.2, 0.25) is 0 Å². The Kier molecular flexibility index (Phi) is 5.27. The minimum Gasteiger partial charge on any atom is -0.454 e. The smallest absolute Gasteiger partial charge is 0.232 e. The second kappa shape index (κ2) is 7.58. The highest BCUT2D eigenvalue weighted by Gasteiger charge is 2.17. The fourth-order valence-corrected chi connectivity index (χ4v) is 3.37. The van der Waals surface area contributed by atoms with E-state index in [-0.39, 0.29) is 5.91 Å². The van der Waals surface area contributed by atoms with Gasteiger partial charge in [-0.2, -0.15) is 0 Å². The Morgan fingerprint density at radius 3 is 2.86 bits per heavy atom. The van der Waals surface area contributed by atoms with Crippen LogP contribution in [-0.2, 0) is 11.2 Å². The molecule has 1 aromatic carbocycles. The van der Waals surface area contributed by atoms with Crippen LogP contribution < -0.4 is 9.47 Å². The highest BCUT2D eigenvalue weighted by Crippen LogP contribution is 2.32. The van der Waals surface area contributed by atoms with Crippen LogP contribution in [0, 0.1) is 0 Å². The number of rotatable bonds is 6. The van der Waals surface area contributed by atoms with Crippen LogP contribution >= 0.6 is 11.8 Å².